The van der Waals surface area contributed by atoms with Crippen LogP contribution < -0.4 is 10.1 Å². The van der Waals surface area contributed by atoms with E-state index in [4.69, 9.17) is 4.74 Å². The third-order valence-corrected chi connectivity index (χ3v) is 6.13. The highest BCUT2D eigenvalue weighted by atomic mass is 32.1. The highest BCUT2D eigenvalue weighted by Gasteiger charge is 2.21. The van der Waals surface area contributed by atoms with Crippen molar-refractivity contribution in [2.45, 2.75) is 13.0 Å². The van der Waals surface area contributed by atoms with Crippen LogP contribution in [0.5, 0.6) is 5.75 Å². The summed E-state index contributed by atoms with van der Waals surface area (Å²) in [6.45, 7) is 1.86. The number of nitrogens with one attached hydrogen (secondary N) is 2. The summed E-state index contributed by atoms with van der Waals surface area (Å²) in [5.41, 5.74) is 3.88. The van der Waals surface area contributed by atoms with E-state index in [1.54, 1.807) is 23.5 Å². The molecule has 1 atom stereocenters. The van der Waals surface area contributed by atoms with Crippen molar-refractivity contribution in [3.05, 3.63) is 81.2 Å². The van der Waals surface area contributed by atoms with Gasteiger partial charge in [-0.2, -0.15) is 5.10 Å². The number of ether oxygens (including phenoxy) is 1. The number of H-pyrrole nitrogens is 1. The molecule has 0 spiro atoms. The Hall–Kier alpha value is -3.42. The Balaban J connectivity index is 1.69. The molecule has 4 aromatic rings. The lowest BCUT2D eigenvalue weighted by Gasteiger charge is -2.18. The van der Waals surface area contributed by atoms with Gasteiger partial charge in [-0.1, -0.05) is 30.3 Å². The van der Waals surface area contributed by atoms with E-state index in [0.717, 1.165) is 21.5 Å². The average Bonchev–Trinajstić information content (AvgIpc) is 3.41. The molecule has 0 aliphatic rings. The molecular formula is C24H23N3O3S. The number of aliphatic hydroxyl groups is 1. The van der Waals surface area contributed by atoms with Crippen molar-refractivity contribution in [3.63, 3.8) is 0 Å². The number of aliphatic hydroxyl groups excluding tert-OH is 1. The molecule has 0 radical (unpaired) electrons. The van der Waals surface area contributed by atoms with Crippen molar-refractivity contribution < 1.29 is 14.6 Å². The predicted octanol–water partition coefficient (Wildman–Crippen LogP) is 4.58. The first-order chi connectivity index (χ1) is 15.1. The number of benzene rings is 2. The molecule has 3 N–H and O–H groups in total. The van der Waals surface area contributed by atoms with E-state index in [1.807, 2.05) is 47.9 Å². The van der Waals surface area contributed by atoms with E-state index in [0.29, 0.717) is 16.8 Å². The number of hydrogen-bond acceptors (Lipinski definition) is 5. The molecule has 4 rings (SSSR count). The first-order valence-electron chi connectivity index (χ1n) is 9.86. The number of nitrogens with zero attached hydrogens (tertiary/aromatic N) is 1. The smallest absolute Gasteiger partial charge is 0.255 e. The highest BCUT2D eigenvalue weighted by Crippen LogP contribution is 2.33. The fraction of sp³-hybridized carbons (Fsp3) is 0.167. The average molecular weight is 434 g/mol. The topological polar surface area (TPSA) is 87.2 Å². The monoisotopic (exact) mass is 433 g/mol. The molecule has 2 aromatic carbocycles. The molecular weight excluding hydrogens is 410 g/mol. The van der Waals surface area contributed by atoms with Crippen LogP contribution in [-0.2, 0) is 0 Å². The largest absolute Gasteiger partial charge is 0.495 e. The summed E-state index contributed by atoms with van der Waals surface area (Å²) < 4.78 is 5.65. The van der Waals surface area contributed by atoms with Crippen LogP contribution in [0.4, 0.5) is 0 Å². The van der Waals surface area contributed by atoms with Gasteiger partial charge >= 0.3 is 0 Å². The molecule has 0 bridgehead atoms. The number of amides is 1. The molecule has 2 aromatic heterocycles. The fourth-order valence-corrected chi connectivity index (χ4v) is 4.30. The Morgan fingerprint density at radius 1 is 1.23 bits per heavy atom. The lowest BCUT2D eigenvalue weighted by Crippen LogP contribution is -2.31. The van der Waals surface area contributed by atoms with Gasteiger partial charge in [-0.05, 0) is 53.8 Å². The lowest BCUT2D eigenvalue weighted by atomic mass is 10.0. The van der Waals surface area contributed by atoms with Gasteiger partial charge in [-0.3, -0.25) is 9.89 Å². The zero-order chi connectivity index (χ0) is 21.8. The van der Waals surface area contributed by atoms with Crippen LogP contribution in [0, 0.1) is 6.92 Å². The number of carbonyl (C=O) groups excluding carboxylic acids is 1. The second-order valence-corrected chi connectivity index (χ2v) is 8.05. The summed E-state index contributed by atoms with van der Waals surface area (Å²) in [6, 6.07) is 14.4. The third-order valence-electron chi connectivity index (χ3n) is 5.14. The summed E-state index contributed by atoms with van der Waals surface area (Å²) in [5, 5.41) is 22.9. The highest BCUT2D eigenvalue weighted by molar-refractivity contribution is 7.11. The molecule has 0 unspecified atom stereocenters. The van der Waals surface area contributed by atoms with E-state index >= 15 is 0 Å². The second kappa shape index (κ2) is 9.16. The maximum absolute atomic E-state index is 13.1. The van der Waals surface area contributed by atoms with E-state index in [2.05, 4.69) is 28.5 Å². The van der Waals surface area contributed by atoms with E-state index in [1.165, 1.54) is 12.7 Å². The fourth-order valence-electron chi connectivity index (χ4n) is 3.48. The van der Waals surface area contributed by atoms with Gasteiger partial charge in [0.2, 0.25) is 0 Å². The van der Waals surface area contributed by atoms with Crippen LogP contribution >= 0.6 is 11.3 Å². The van der Waals surface area contributed by atoms with E-state index < -0.39 is 6.04 Å². The summed E-state index contributed by atoms with van der Waals surface area (Å²) in [6.07, 6.45) is 3.97. The van der Waals surface area contributed by atoms with Crippen molar-refractivity contribution in [3.8, 4) is 5.75 Å². The number of hydrogen-bond donors (Lipinski definition) is 3. The number of thiophene rings is 1. The number of aryl methyl sites for hydroxylation is 1. The van der Waals surface area contributed by atoms with Crippen molar-refractivity contribution in [1.82, 2.24) is 15.5 Å². The van der Waals surface area contributed by atoms with Gasteiger partial charge in [0.05, 0.1) is 41.9 Å². The second-order valence-electron chi connectivity index (χ2n) is 7.10. The Kier molecular flexibility index (Phi) is 6.16. The summed E-state index contributed by atoms with van der Waals surface area (Å²) >= 11 is 1.66. The zero-order valence-electron chi connectivity index (χ0n) is 17.3. The number of methoxy groups -OCH3 is 1. The number of rotatable bonds is 7. The molecule has 31 heavy (non-hydrogen) atoms. The van der Waals surface area contributed by atoms with Gasteiger partial charge in [0.1, 0.15) is 5.75 Å². The van der Waals surface area contributed by atoms with E-state index in [-0.39, 0.29) is 12.5 Å². The number of aromatic nitrogens is 2. The van der Waals surface area contributed by atoms with Crippen LogP contribution in [0.3, 0.4) is 0 Å². The molecule has 0 saturated carbocycles. The minimum absolute atomic E-state index is 0.208. The van der Waals surface area contributed by atoms with Crippen LogP contribution in [0.15, 0.2) is 53.9 Å². The minimum atomic E-state index is -0.514. The van der Waals surface area contributed by atoms with Crippen molar-refractivity contribution in [2.24, 2.45) is 0 Å². The van der Waals surface area contributed by atoms with Crippen LogP contribution in [0.25, 0.3) is 23.1 Å². The zero-order valence-corrected chi connectivity index (χ0v) is 18.1. The molecule has 7 heteroatoms. The molecule has 2 heterocycles. The summed E-state index contributed by atoms with van der Waals surface area (Å²) in [4.78, 5) is 14.2. The van der Waals surface area contributed by atoms with Gasteiger partial charge < -0.3 is 15.2 Å². The van der Waals surface area contributed by atoms with Gasteiger partial charge in [0.25, 0.3) is 5.91 Å². The minimum Gasteiger partial charge on any atom is -0.495 e. The summed E-state index contributed by atoms with van der Waals surface area (Å²) in [5.74, 6) is 0.114. The Bertz CT molecular complexity index is 1230. The van der Waals surface area contributed by atoms with E-state index in [9.17, 15) is 9.90 Å². The van der Waals surface area contributed by atoms with Gasteiger partial charge in [0.15, 0.2) is 0 Å². The first kappa shape index (κ1) is 20.8. The molecule has 0 aliphatic carbocycles. The molecule has 6 nitrogen and oxygen atoms in total. The van der Waals surface area contributed by atoms with Gasteiger partial charge in [0, 0.05) is 4.88 Å². The molecule has 158 valence electrons. The SMILES string of the molecule is COc1c(C(=O)N[C@H](CO)c2ccccc2)ccc2n[nH]c(C=Cc3sccc3C)c12. The third kappa shape index (κ3) is 4.23. The van der Waals surface area contributed by atoms with Crippen molar-refractivity contribution in [1.29, 1.82) is 0 Å². The van der Waals surface area contributed by atoms with Crippen LogP contribution in [0.1, 0.15) is 38.1 Å². The predicted molar refractivity (Wildman–Crippen MR) is 124 cm³/mol. The molecule has 0 aliphatic heterocycles. The number of aromatic amines is 1. The van der Waals surface area contributed by atoms with Crippen molar-refractivity contribution >= 4 is 40.3 Å². The Morgan fingerprint density at radius 2 is 2.03 bits per heavy atom. The first-order valence-corrected chi connectivity index (χ1v) is 10.7. The molecule has 0 saturated heterocycles. The quantitative estimate of drug-likeness (QED) is 0.398. The summed E-state index contributed by atoms with van der Waals surface area (Å²) in [7, 11) is 1.54. The maximum Gasteiger partial charge on any atom is 0.255 e. The van der Waals surface area contributed by atoms with Crippen molar-refractivity contribution in [2.75, 3.05) is 13.7 Å². The normalized spacial score (nSPS) is 12.4. The number of carbonyl (C=O) groups is 1. The number of fused-ring (bicyclic) bond motifs is 1. The molecule has 1 amide bonds. The Labute approximate surface area is 184 Å². The maximum atomic E-state index is 13.1. The van der Waals surface area contributed by atoms with Gasteiger partial charge in [-0.15, -0.1) is 11.3 Å². The Morgan fingerprint density at radius 3 is 2.71 bits per heavy atom. The van der Waals surface area contributed by atoms with Gasteiger partial charge in [-0.25, -0.2) is 0 Å². The lowest BCUT2D eigenvalue weighted by molar-refractivity contribution is 0.0913. The standard InChI is InChI=1S/C24H23N3O3S/c1-15-12-13-31-21(15)11-10-19-22-18(26-27-19)9-8-17(23(22)30-2)24(29)25-20(14-28)16-6-4-3-5-7-16/h3-13,20,28H,14H2,1-2H3,(H,25,29)(H,26,27)/t20-/m1/s1. The molecule has 0 fully saturated rings. The van der Waals surface area contributed by atoms with Crippen LogP contribution in [-0.4, -0.2) is 34.9 Å². The van der Waals surface area contributed by atoms with Crippen LogP contribution in [0.2, 0.25) is 0 Å².